The minimum atomic E-state index is -3.55. The fourth-order valence-corrected chi connectivity index (χ4v) is 2.29. The van der Waals surface area contributed by atoms with Gasteiger partial charge in [0.25, 0.3) is 0 Å². The first-order valence-corrected chi connectivity index (χ1v) is 6.30. The Kier molecular flexibility index (Phi) is 5.97. The normalized spacial score (nSPS) is 13.1. The van der Waals surface area contributed by atoms with E-state index in [-0.39, 0.29) is 12.4 Å². The zero-order chi connectivity index (χ0) is 12.8. The third kappa shape index (κ3) is 6.36. The van der Waals surface area contributed by atoms with Gasteiger partial charge in [0.15, 0.2) is 9.84 Å². The summed E-state index contributed by atoms with van der Waals surface area (Å²) in [5.74, 6) is -2.87. The largest absolute Gasteiger partial charge is 0.480 e. The molecular formula is C8H15NO6S. The van der Waals surface area contributed by atoms with Gasteiger partial charge >= 0.3 is 5.97 Å². The third-order valence-corrected chi connectivity index (χ3v) is 3.32. The molecule has 94 valence electrons. The maximum Gasteiger partial charge on any atom is 0.327 e. The molecule has 8 heteroatoms. The highest BCUT2D eigenvalue weighted by Gasteiger charge is 2.25. The molecule has 0 saturated carbocycles. The van der Waals surface area contributed by atoms with E-state index in [1.54, 1.807) is 0 Å². The van der Waals surface area contributed by atoms with E-state index in [1.165, 1.54) is 7.11 Å². The zero-order valence-corrected chi connectivity index (χ0v) is 9.91. The second kappa shape index (κ2) is 6.44. The summed E-state index contributed by atoms with van der Waals surface area (Å²) in [6.07, 6.45) is 0. The van der Waals surface area contributed by atoms with Gasteiger partial charge in [-0.05, 0) is 0 Å². The van der Waals surface area contributed by atoms with Crippen molar-refractivity contribution in [3.63, 3.8) is 0 Å². The Balaban J connectivity index is 4.50. The van der Waals surface area contributed by atoms with E-state index in [1.807, 2.05) is 0 Å². The number of carboxylic acids is 1. The number of nitrogens with one attached hydrogen (secondary N) is 1. The average Bonchev–Trinajstić information content (AvgIpc) is 2.12. The topological polar surface area (TPSA) is 110 Å². The summed E-state index contributed by atoms with van der Waals surface area (Å²) in [6, 6.07) is -1.42. The van der Waals surface area contributed by atoms with Crippen LogP contribution in [-0.4, -0.2) is 56.7 Å². The molecule has 0 aromatic rings. The van der Waals surface area contributed by atoms with Crippen LogP contribution in [0.3, 0.4) is 0 Å². The van der Waals surface area contributed by atoms with Crippen molar-refractivity contribution in [3.05, 3.63) is 0 Å². The molecular weight excluding hydrogens is 238 g/mol. The van der Waals surface area contributed by atoms with Crippen molar-refractivity contribution < 1.29 is 27.9 Å². The van der Waals surface area contributed by atoms with Gasteiger partial charge in [-0.3, -0.25) is 4.79 Å². The zero-order valence-electron chi connectivity index (χ0n) is 9.10. The van der Waals surface area contributed by atoms with Crippen molar-refractivity contribution in [3.8, 4) is 0 Å². The van der Waals surface area contributed by atoms with Gasteiger partial charge in [-0.25, -0.2) is 13.2 Å². The first-order valence-electron chi connectivity index (χ1n) is 4.48. The molecule has 0 rings (SSSR count). The van der Waals surface area contributed by atoms with Crippen LogP contribution in [0, 0.1) is 0 Å². The summed E-state index contributed by atoms with van der Waals surface area (Å²) in [5.41, 5.74) is 0. The monoisotopic (exact) mass is 253 g/mol. The molecule has 0 heterocycles. The number of amides is 1. The Morgan fingerprint density at radius 1 is 1.44 bits per heavy atom. The van der Waals surface area contributed by atoms with Crippen LogP contribution in [0.15, 0.2) is 0 Å². The maximum atomic E-state index is 11.4. The lowest BCUT2D eigenvalue weighted by Gasteiger charge is -2.13. The number of aliphatic carboxylic acids is 1. The summed E-state index contributed by atoms with van der Waals surface area (Å²) in [5, 5.41) is 10.8. The molecule has 1 amide bonds. The Morgan fingerprint density at radius 3 is 2.38 bits per heavy atom. The molecule has 0 aliphatic heterocycles. The number of carbonyl (C=O) groups is 2. The standard InChI is InChI=1S/C8H15NO6S/c1-6(10)9-7(8(11)12)5-16(13,14)4-3-15-2/h7H,3-5H2,1-2H3,(H,9,10)(H,11,12). The van der Waals surface area contributed by atoms with E-state index in [4.69, 9.17) is 5.11 Å². The van der Waals surface area contributed by atoms with Crippen LogP contribution in [0.2, 0.25) is 0 Å². The van der Waals surface area contributed by atoms with Gasteiger partial charge in [0.1, 0.15) is 6.04 Å². The van der Waals surface area contributed by atoms with Crippen LogP contribution in [0.25, 0.3) is 0 Å². The number of rotatable bonds is 7. The quantitative estimate of drug-likeness (QED) is 0.579. The van der Waals surface area contributed by atoms with Gasteiger partial charge in [0.05, 0.1) is 18.1 Å². The lowest BCUT2D eigenvalue weighted by molar-refractivity contribution is -0.140. The molecule has 0 radical (unpaired) electrons. The van der Waals surface area contributed by atoms with E-state index in [0.29, 0.717) is 0 Å². The summed E-state index contributed by atoms with van der Waals surface area (Å²) >= 11 is 0. The first kappa shape index (κ1) is 14.8. The van der Waals surface area contributed by atoms with Gasteiger partial charge in [0, 0.05) is 14.0 Å². The predicted octanol–water partition coefficient (Wildman–Crippen LogP) is -1.36. The Labute approximate surface area is 93.7 Å². The van der Waals surface area contributed by atoms with Crippen LogP contribution >= 0.6 is 0 Å². The van der Waals surface area contributed by atoms with Crippen LogP contribution in [0.1, 0.15) is 6.92 Å². The molecule has 16 heavy (non-hydrogen) atoms. The molecule has 0 saturated heterocycles. The van der Waals surface area contributed by atoms with Crippen molar-refractivity contribution in [1.82, 2.24) is 5.32 Å². The SMILES string of the molecule is COCCS(=O)(=O)CC(NC(C)=O)C(=O)O. The van der Waals surface area contributed by atoms with Gasteiger partial charge in [-0.1, -0.05) is 0 Å². The second-order valence-corrected chi connectivity index (χ2v) is 5.43. The molecule has 0 aliphatic carbocycles. The van der Waals surface area contributed by atoms with Crippen molar-refractivity contribution >= 4 is 21.7 Å². The molecule has 0 fully saturated rings. The van der Waals surface area contributed by atoms with E-state index in [0.717, 1.165) is 6.92 Å². The van der Waals surface area contributed by atoms with Gasteiger partial charge in [-0.2, -0.15) is 0 Å². The number of sulfone groups is 1. The average molecular weight is 253 g/mol. The molecule has 7 nitrogen and oxygen atoms in total. The summed E-state index contributed by atoms with van der Waals surface area (Å²) in [4.78, 5) is 21.3. The van der Waals surface area contributed by atoms with E-state index >= 15 is 0 Å². The molecule has 1 atom stereocenters. The fraction of sp³-hybridized carbons (Fsp3) is 0.750. The van der Waals surface area contributed by atoms with Crippen molar-refractivity contribution in [2.45, 2.75) is 13.0 Å². The van der Waals surface area contributed by atoms with Crippen LogP contribution < -0.4 is 5.32 Å². The number of carboxylic acid groups (broad SMARTS) is 1. The summed E-state index contributed by atoms with van der Waals surface area (Å²) < 4.78 is 27.4. The predicted molar refractivity (Wildman–Crippen MR) is 55.8 cm³/mol. The molecule has 0 aromatic carbocycles. The molecule has 0 spiro atoms. The minimum Gasteiger partial charge on any atom is -0.480 e. The summed E-state index contributed by atoms with van der Waals surface area (Å²) in [7, 11) is -2.21. The molecule has 0 aromatic heterocycles. The number of hydrogen-bond donors (Lipinski definition) is 2. The number of methoxy groups -OCH3 is 1. The number of carbonyl (C=O) groups excluding carboxylic acids is 1. The van der Waals surface area contributed by atoms with Gasteiger partial charge in [0.2, 0.25) is 5.91 Å². The highest BCUT2D eigenvalue weighted by atomic mass is 32.2. The summed E-state index contributed by atoms with van der Waals surface area (Å²) in [6.45, 7) is 1.12. The van der Waals surface area contributed by atoms with E-state index in [9.17, 15) is 18.0 Å². The molecule has 2 N–H and O–H groups in total. The maximum absolute atomic E-state index is 11.4. The molecule has 0 aliphatic rings. The second-order valence-electron chi connectivity index (χ2n) is 3.20. The Morgan fingerprint density at radius 2 is 2.00 bits per heavy atom. The lowest BCUT2D eigenvalue weighted by atomic mass is 10.3. The smallest absolute Gasteiger partial charge is 0.327 e. The van der Waals surface area contributed by atoms with Crippen molar-refractivity contribution in [1.29, 1.82) is 0 Å². The fourth-order valence-electron chi connectivity index (χ4n) is 0.968. The molecule has 1 unspecified atom stereocenters. The van der Waals surface area contributed by atoms with E-state index < -0.39 is 33.5 Å². The molecule has 0 bridgehead atoms. The number of hydrogen-bond acceptors (Lipinski definition) is 5. The van der Waals surface area contributed by atoms with Gasteiger partial charge < -0.3 is 15.2 Å². The van der Waals surface area contributed by atoms with Crippen LogP contribution in [0.5, 0.6) is 0 Å². The first-order chi connectivity index (χ1) is 7.28. The highest BCUT2D eigenvalue weighted by molar-refractivity contribution is 7.91. The Bertz CT molecular complexity index is 350. The highest BCUT2D eigenvalue weighted by Crippen LogP contribution is 1.96. The number of ether oxygens (including phenoxy) is 1. The lowest BCUT2D eigenvalue weighted by Crippen LogP contribution is -2.45. The van der Waals surface area contributed by atoms with Crippen molar-refractivity contribution in [2.75, 3.05) is 25.2 Å². The Hall–Kier alpha value is -1.15. The minimum absolute atomic E-state index is 0.00521. The van der Waals surface area contributed by atoms with Crippen LogP contribution in [-0.2, 0) is 24.2 Å². The third-order valence-electron chi connectivity index (χ3n) is 1.69. The van der Waals surface area contributed by atoms with Crippen molar-refractivity contribution in [2.24, 2.45) is 0 Å². The van der Waals surface area contributed by atoms with Crippen LogP contribution in [0.4, 0.5) is 0 Å². The van der Waals surface area contributed by atoms with Gasteiger partial charge in [-0.15, -0.1) is 0 Å². The van der Waals surface area contributed by atoms with E-state index in [2.05, 4.69) is 10.1 Å².